The first kappa shape index (κ1) is 14.1. The number of para-hydroxylation sites is 1. The van der Waals surface area contributed by atoms with Gasteiger partial charge < -0.3 is 9.73 Å². The Hall–Kier alpha value is -1.28. The number of rotatable bonds is 6. The molecule has 0 aliphatic rings. The Balaban J connectivity index is 2.34. The molecule has 0 aliphatic heterocycles. The van der Waals surface area contributed by atoms with Crippen LogP contribution in [0.3, 0.4) is 0 Å². The summed E-state index contributed by atoms with van der Waals surface area (Å²) in [6.45, 7) is 9.85. The average Bonchev–Trinajstić information content (AvgIpc) is 2.87. The van der Waals surface area contributed by atoms with Gasteiger partial charge in [-0.2, -0.15) is 0 Å². The van der Waals surface area contributed by atoms with Crippen LogP contribution >= 0.6 is 0 Å². The molecule has 0 amide bonds. The second-order valence-corrected chi connectivity index (χ2v) is 5.40. The second kappa shape index (κ2) is 6.25. The van der Waals surface area contributed by atoms with Gasteiger partial charge in [-0.25, -0.2) is 0 Å². The fraction of sp³-hybridized carbons (Fsp3) is 0.529. The number of furan rings is 1. The molecule has 0 spiro atoms. The van der Waals surface area contributed by atoms with Gasteiger partial charge in [0.1, 0.15) is 11.3 Å². The highest BCUT2D eigenvalue weighted by molar-refractivity contribution is 5.81. The largest absolute Gasteiger partial charge is 0.459 e. The predicted molar refractivity (Wildman–Crippen MR) is 81.6 cm³/mol. The zero-order chi connectivity index (χ0) is 13.8. The lowest BCUT2D eigenvalue weighted by Gasteiger charge is -2.10. The Morgan fingerprint density at radius 3 is 2.68 bits per heavy atom. The molecule has 1 heterocycles. The Morgan fingerprint density at radius 2 is 2.00 bits per heavy atom. The van der Waals surface area contributed by atoms with E-state index in [1.165, 1.54) is 10.9 Å². The highest BCUT2D eigenvalue weighted by Crippen LogP contribution is 2.31. The van der Waals surface area contributed by atoms with Crippen LogP contribution in [0.2, 0.25) is 0 Å². The van der Waals surface area contributed by atoms with Crippen LogP contribution in [0.25, 0.3) is 11.0 Å². The third kappa shape index (κ3) is 3.01. The van der Waals surface area contributed by atoms with Gasteiger partial charge in [0.05, 0.1) is 6.04 Å². The predicted octanol–water partition coefficient (Wildman–Crippen LogP) is 5.01. The van der Waals surface area contributed by atoms with E-state index in [9.17, 15) is 0 Å². The standard InChI is InChI=1S/C17H25NO/c1-5-10-18-13(4)16-11-14-8-7-9-15(12(3)6-2)17(14)19-16/h7-9,11-13,18H,5-6,10H2,1-4H3. The molecule has 0 radical (unpaired) electrons. The van der Waals surface area contributed by atoms with Crippen molar-refractivity contribution in [3.8, 4) is 0 Å². The maximum Gasteiger partial charge on any atom is 0.137 e. The van der Waals surface area contributed by atoms with Gasteiger partial charge in [-0.15, -0.1) is 0 Å². The van der Waals surface area contributed by atoms with Gasteiger partial charge in [0.25, 0.3) is 0 Å². The molecule has 1 N–H and O–H groups in total. The van der Waals surface area contributed by atoms with Gasteiger partial charge >= 0.3 is 0 Å². The maximum atomic E-state index is 6.12. The van der Waals surface area contributed by atoms with E-state index in [1.54, 1.807) is 0 Å². The van der Waals surface area contributed by atoms with Crippen LogP contribution in [0.1, 0.15) is 63.8 Å². The molecule has 19 heavy (non-hydrogen) atoms. The molecule has 2 unspecified atom stereocenters. The van der Waals surface area contributed by atoms with Gasteiger partial charge in [0, 0.05) is 5.39 Å². The molecule has 0 bridgehead atoms. The van der Waals surface area contributed by atoms with Crippen molar-refractivity contribution >= 4 is 11.0 Å². The van der Waals surface area contributed by atoms with Crippen molar-refractivity contribution in [2.24, 2.45) is 0 Å². The van der Waals surface area contributed by atoms with E-state index in [4.69, 9.17) is 4.42 Å². The Labute approximate surface area is 116 Å². The van der Waals surface area contributed by atoms with Crippen molar-refractivity contribution in [2.45, 2.75) is 52.5 Å². The first-order valence-corrected chi connectivity index (χ1v) is 7.43. The molecule has 2 atom stereocenters. The van der Waals surface area contributed by atoms with Crippen LogP contribution in [0, 0.1) is 0 Å². The van der Waals surface area contributed by atoms with Gasteiger partial charge in [-0.3, -0.25) is 0 Å². The van der Waals surface area contributed by atoms with Crippen LogP contribution in [0.15, 0.2) is 28.7 Å². The molecule has 2 heteroatoms. The third-order valence-corrected chi connectivity index (χ3v) is 3.86. The fourth-order valence-corrected chi connectivity index (χ4v) is 2.39. The Morgan fingerprint density at radius 1 is 1.21 bits per heavy atom. The zero-order valence-electron chi connectivity index (χ0n) is 12.5. The van der Waals surface area contributed by atoms with E-state index in [0.29, 0.717) is 5.92 Å². The SMILES string of the molecule is CCCNC(C)c1cc2cccc(C(C)CC)c2o1. The van der Waals surface area contributed by atoms with Crippen molar-refractivity contribution in [3.63, 3.8) is 0 Å². The van der Waals surface area contributed by atoms with Crippen LogP contribution in [-0.4, -0.2) is 6.54 Å². The molecule has 1 aromatic carbocycles. The average molecular weight is 259 g/mol. The van der Waals surface area contributed by atoms with E-state index in [0.717, 1.165) is 30.7 Å². The van der Waals surface area contributed by atoms with Gasteiger partial charge in [-0.1, -0.05) is 39.0 Å². The first-order valence-electron chi connectivity index (χ1n) is 7.43. The quantitative estimate of drug-likeness (QED) is 0.789. The highest BCUT2D eigenvalue weighted by atomic mass is 16.3. The summed E-state index contributed by atoms with van der Waals surface area (Å²) >= 11 is 0. The summed E-state index contributed by atoms with van der Waals surface area (Å²) in [6, 6.07) is 8.91. The van der Waals surface area contributed by atoms with E-state index in [1.807, 2.05) is 0 Å². The van der Waals surface area contributed by atoms with Crippen molar-refractivity contribution in [2.75, 3.05) is 6.54 Å². The summed E-state index contributed by atoms with van der Waals surface area (Å²) in [4.78, 5) is 0. The summed E-state index contributed by atoms with van der Waals surface area (Å²) in [6.07, 6.45) is 2.28. The van der Waals surface area contributed by atoms with Gasteiger partial charge in [0.2, 0.25) is 0 Å². The molecule has 0 aliphatic carbocycles. The summed E-state index contributed by atoms with van der Waals surface area (Å²) in [7, 11) is 0. The molecule has 1 aromatic heterocycles. The number of hydrogen-bond donors (Lipinski definition) is 1. The molecule has 0 fully saturated rings. The lowest BCUT2D eigenvalue weighted by Crippen LogP contribution is -2.18. The summed E-state index contributed by atoms with van der Waals surface area (Å²) in [5.74, 6) is 1.58. The lowest BCUT2D eigenvalue weighted by atomic mass is 9.97. The Kier molecular flexibility index (Phi) is 4.65. The van der Waals surface area contributed by atoms with Crippen molar-refractivity contribution in [1.82, 2.24) is 5.32 Å². The highest BCUT2D eigenvalue weighted by Gasteiger charge is 2.15. The third-order valence-electron chi connectivity index (χ3n) is 3.86. The first-order chi connectivity index (χ1) is 9.17. The second-order valence-electron chi connectivity index (χ2n) is 5.40. The maximum absolute atomic E-state index is 6.12. The van der Waals surface area contributed by atoms with Crippen molar-refractivity contribution in [1.29, 1.82) is 0 Å². The van der Waals surface area contributed by atoms with Gasteiger partial charge in [0.15, 0.2) is 0 Å². The van der Waals surface area contributed by atoms with E-state index in [2.05, 4.69) is 57.3 Å². The molecule has 0 saturated carbocycles. The number of benzene rings is 1. The Bertz CT molecular complexity index is 529. The van der Waals surface area contributed by atoms with E-state index < -0.39 is 0 Å². The molecule has 2 nitrogen and oxygen atoms in total. The monoisotopic (exact) mass is 259 g/mol. The smallest absolute Gasteiger partial charge is 0.137 e. The number of hydrogen-bond acceptors (Lipinski definition) is 2. The number of nitrogens with one attached hydrogen (secondary N) is 1. The van der Waals surface area contributed by atoms with Crippen molar-refractivity contribution < 1.29 is 4.42 Å². The van der Waals surface area contributed by atoms with E-state index >= 15 is 0 Å². The topological polar surface area (TPSA) is 25.2 Å². The molecular weight excluding hydrogens is 234 g/mol. The minimum absolute atomic E-state index is 0.275. The van der Waals surface area contributed by atoms with Crippen LogP contribution in [0.4, 0.5) is 0 Å². The molecule has 2 aromatic rings. The minimum atomic E-state index is 0.275. The van der Waals surface area contributed by atoms with Gasteiger partial charge in [-0.05, 0) is 43.9 Å². The van der Waals surface area contributed by atoms with Crippen LogP contribution < -0.4 is 5.32 Å². The number of fused-ring (bicyclic) bond motifs is 1. The summed E-state index contributed by atoms with van der Waals surface area (Å²) < 4.78 is 6.12. The summed E-state index contributed by atoms with van der Waals surface area (Å²) in [5.41, 5.74) is 2.39. The van der Waals surface area contributed by atoms with Crippen LogP contribution in [0.5, 0.6) is 0 Å². The molecule has 0 saturated heterocycles. The van der Waals surface area contributed by atoms with Crippen LogP contribution in [-0.2, 0) is 0 Å². The summed E-state index contributed by atoms with van der Waals surface area (Å²) in [5, 5.41) is 4.70. The minimum Gasteiger partial charge on any atom is -0.459 e. The zero-order valence-corrected chi connectivity index (χ0v) is 12.5. The fourth-order valence-electron chi connectivity index (χ4n) is 2.39. The molecular formula is C17H25NO. The van der Waals surface area contributed by atoms with Crippen molar-refractivity contribution in [3.05, 3.63) is 35.6 Å². The van der Waals surface area contributed by atoms with E-state index in [-0.39, 0.29) is 6.04 Å². The molecule has 104 valence electrons. The molecule has 2 rings (SSSR count). The lowest BCUT2D eigenvalue weighted by molar-refractivity contribution is 0.449. The normalized spacial score (nSPS) is 14.7.